The molecule has 0 aliphatic carbocycles. The van der Waals surface area contributed by atoms with E-state index in [0.29, 0.717) is 17.7 Å². The van der Waals surface area contributed by atoms with E-state index >= 15 is 0 Å². The van der Waals surface area contributed by atoms with Crippen LogP contribution in [-0.2, 0) is 60.8 Å². The van der Waals surface area contributed by atoms with Gasteiger partial charge in [-0.3, -0.25) is 33.7 Å². The lowest BCUT2D eigenvalue weighted by Crippen LogP contribution is -2.59. The highest BCUT2D eigenvalue weighted by Gasteiger charge is 2.43. The molecule has 19 heteroatoms. The molecule has 0 saturated carbocycles. The Kier molecular flexibility index (Phi) is 21.7. The maximum Gasteiger partial charge on any atom is 0.410 e. The fourth-order valence-electron chi connectivity index (χ4n) is 8.69. The Morgan fingerprint density at radius 3 is 2.11 bits per heavy atom. The Bertz CT molecular complexity index is 2130. The monoisotopic (exact) mass is 993 g/mol. The first-order valence-electron chi connectivity index (χ1n) is 24.6. The van der Waals surface area contributed by atoms with Crippen molar-refractivity contribution in [1.29, 1.82) is 0 Å². The van der Waals surface area contributed by atoms with E-state index in [1.54, 1.807) is 76.2 Å². The van der Waals surface area contributed by atoms with Gasteiger partial charge in [-0.25, -0.2) is 9.59 Å². The first-order chi connectivity index (χ1) is 33.5. The molecule has 0 spiro atoms. The number of esters is 2. The van der Waals surface area contributed by atoms with Gasteiger partial charge in [-0.05, 0) is 72.6 Å². The molecule has 4 rings (SSSR count). The number of amides is 6. The number of aliphatic hydroxyl groups is 1. The van der Waals surface area contributed by atoms with Gasteiger partial charge in [0.05, 0.1) is 25.7 Å². The third-order valence-electron chi connectivity index (χ3n) is 12.7. The zero-order valence-corrected chi connectivity index (χ0v) is 43.2. The zero-order chi connectivity index (χ0) is 52.7. The van der Waals surface area contributed by atoms with E-state index in [1.165, 1.54) is 31.0 Å². The van der Waals surface area contributed by atoms with Crippen molar-refractivity contribution in [3.05, 3.63) is 65.7 Å². The van der Waals surface area contributed by atoms with E-state index in [1.807, 2.05) is 33.8 Å². The quantitative estimate of drug-likeness (QED) is 0.156. The van der Waals surface area contributed by atoms with Crippen LogP contribution in [0.25, 0.3) is 0 Å². The molecule has 6 amide bonds. The summed E-state index contributed by atoms with van der Waals surface area (Å²) in [6.45, 7) is 13.5. The number of likely N-dealkylation sites (N-methyl/N-ethyl adjacent to an activating group) is 2. The summed E-state index contributed by atoms with van der Waals surface area (Å²) < 4.78 is 22.5. The second-order valence-electron chi connectivity index (χ2n) is 20.1. The van der Waals surface area contributed by atoms with Crippen molar-refractivity contribution in [3.63, 3.8) is 0 Å². The molecule has 0 radical (unpaired) electrons. The van der Waals surface area contributed by atoms with Crippen LogP contribution in [0.1, 0.15) is 98.6 Å². The number of nitrogens with one attached hydrogen (secondary N) is 3. The lowest BCUT2D eigenvalue weighted by molar-refractivity contribution is -0.161. The van der Waals surface area contributed by atoms with Crippen molar-refractivity contribution in [2.24, 2.45) is 23.7 Å². The van der Waals surface area contributed by atoms with Crippen molar-refractivity contribution in [2.75, 3.05) is 34.4 Å². The van der Waals surface area contributed by atoms with Gasteiger partial charge in [-0.15, -0.1) is 0 Å². The van der Waals surface area contributed by atoms with Crippen LogP contribution in [-0.4, -0.2) is 150 Å². The first kappa shape index (κ1) is 57.3. The molecule has 2 fully saturated rings. The summed E-state index contributed by atoms with van der Waals surface area (Å²) in [7, 11) is 4.33. The maximum atomic E-state index is 14.7. The largest absolute Gasteiger partial charge is 0.497 e. The topological polar surface area (TPSA) is 240 Å². The molecule has 2 heterocycles. The van der Waals surface area contributed by atoms with Crippen LogP contribution >= 0.6 is 0 Å². The third kappa shape index (κ3) is 16.4. The van der Waals surface area contributed by atoms with Crippen LogP contribution in [0.15, 0.2) is 54.6 Å². The van der Waals surface area contributed by atoms with E-state index in [0.717, 1.165) is 10.5 Å². The summed E-state index contributed by atoms with van der Waals surface area (Å²) in [6.07, 6.45) is -3.46. The number of carbonyl (C=O) groups excluding carboxylic acids is 8. The van der Waals surface area contributed by atoms with Crippen LogP contribution < -0.4 is 20.7 Å². The highest BCUT2D eigenvalue weighted by atomic mass is 16.6. The van der Waals surface area contributed by atoms with Crippen LogP contribution in [0, 0.1) is 23.7 Å². The van der Waals surface area contributed by atoms with E-state index in [2.05, 4.69) is 16.0 Å². The predicted octanol–water partition coefficient (Wildman–Crippen LogP) is 3.77. The summed E-state index contributed by atoms with van der Waals surface area (Å²) in [4.78, 5) is 117. The number of rotatable bonds is 14. The zero-order valence-electron chi connectivity index (χ0n) is 43.2. The standard InChI is InChI=1S/C52H76N6O13/c1-30(2)24-37-49(64)58-23-15-18-39(58)50(65)56(9)41(26-34-19-21-36(68-11)22-20-34)51(66)69-29-38(46(61)55-44(32(5)6)42(59)27-43(60)71-45(33(7)8)48(63)53-37)54-47(62)40(25-31(3)4)57(10)52(67)70-28-35-16-13-12-14-17-35/h12-14,16-17,19-22,30-33,37-42,44-45,59H,15,18,23-29H2,1-11H3,(H,53,63)(H,54,62)(H,55,61)/t37-,38-,39-,40+,41-,42-,44+,45-/m0/s1. The normalized spacial score (nSPS) is 23.9. The van der Waals surface area contributed by atoms with Crippen LogP contribution in [0.5, 0.6) is 5.75 Å². The minimum absolute atomic E-state index is 0.0683. The van der Waals surface area contributed by atoms with E-state index in [4.69, 9.17) is 18.9 Å². The number of nitrogens with zero attached hydrogens (tertiary/aromatic N) is 3. The number of fused-ring (bicyclic) bond motifs is 1. The van der Waals surface area contributed by atoms with Crippen molar-refractivity contribution in [2.45, 2.75) is 149 Å². The van der Waals surface area contributed by atoms with Gasteiger partial charge in [0.2, 0.25) is 23.6 Å². The Morgan fingerprint density at radius 1 is 0.859 bits per heavy atom. The molecular weight excluding hydrogens is 917 g/mol. The molecule has 2 aromatic rings. The Balaban J connectivity index is 1.79. The van der Waals surface area contributed by atoms with Crippen LogP contribution in [0.3, 0.4) is 0 Å². The number of ether oxygens (including phenoxy) is 4. The second kappa shape index (κ2) is 26.8. The van der Waals surface area contributed by atoms with Gasteiger partial charge in [0.15, 0.2) is 6.10 Å². The molecule has 0 aromatic heterocycles. The first-order valence-corrected chi connectivity index (χ1v) is 24.6. The smallest absolute Gasteiger partial charge is 0.410 e. The van der Waals surface area contributed by atoms with Crippen molar-refractivity contribution >= 4 is 47.6 Å². The van der Waals surface area contributed by atoms with Gasteiger partial charge in [0.25, 0.3) is 5.91 Å². The highest BCUT2D eigenvalue weighted by Crippen LogP contribution is 2.25. The van der Waals surface area contributed by atoms with E-state index < -0.39 is 121 Å². The predicted molar refractivity (Wildman–Crippen MR) is 262 cm³/mol. The van der Waals surface area contributed by atoms with Gasteiger partial charge >= 0.3 is 18.0 Å². The summed E-state index contributed by atoms with van der Waals surface area (Å²) in [6, 6.07) is 8.35. The summed E-state index contributed by atoms with van der Waals surface area (Å²) in [5.74, 6) is -6.21. The van der Waals surface area contributed by atoms with Gasteiger partial charge in [0.1, 0.15) is 49.2 Å². The van der Waals surface area contributed by atoms with E-state index in [-0.39, 0.29) is 50.7 Å². The molecule has 392 valence electrons. The lowest BCUT2D eigenvalue weighted by atomic mass is 9.95. The number of hydrogen-bond acceptors (Lipinski definition) is 13. The molecular formula is C52H76N6O13. The fourth-order valence-corrected chi connectivity index (χ4v) is 8.69. The minimum Gasteiger partial charge on any atom is -0.497 e. The number of methoxy groups -OCH3 is 1. The summed E-state index contributed by atoms with van der Waals surface area (Å²) in [5.41, 5.74) is 1.34. The molecule has 2 aliphatic rings. The number of carbonyl (C=O) groups is 8. The summed E-state index contributed by atoms with van der Waals surface area (Å²) >= 11 is 0. The SMILES string of the molecule is COc1ccc(C[C@H]2C(=O)OC[C@H](NC(=O)[C@@H](CC(C)C)N(C)C(=O)OCc3ccccc3)C(=O)N[C@H](C(C)C)[C@@H](O)CC(=O)O[C@@H](C(C)C)C(=O)N[C@@H](CC(C)C)C(=O)N3CCC[C@H]3C(=O)N2C)cc1. The van der Waals surface area contributed by atoms with Gasteiger partial charge in [-0.2, -0.15) is 0 Å². The number of cyclic esters (lactones) is 2. The molecule has 71 heavy (non-hydrogen) atoms. The van der Waals surface area contributed by atoms with Gasteiger partial charge < -0.3 is 49.8 Å². The van der Waals surface area contributed by atoms with Crippen molar-refractivity contribution in [3.8, 4) is 5.75 Å². The Morgan fingerprint density at radius 2 is 1.52 bits per heavy atom. The van der Waals surface area contributed by atoms with Crippen LogP contribution in [0.4, 0.5) is 4.79 Å². The lowest BCUT2D eigenvalue weighted by Gasteiger charge is -2.34. The van der Waals surface area contributed by atoms with Gasteiger partial charge in [-0.1, -0.05) is 97.9 Å². The molecule has 2 saturated heterocycles. The molecule has 0 unspecified atom stereocenters. The highest BCUT2D eigenvalue weighted by molar-refractivity contribution is 5.95. The molecule has 2 aromatic carbocycles. The molecule has 4 N–H and O–H groups in total. The minimum atomic E-state index is -1.65. The average Bonchev–Trinajstić information content (AvgIpc) is 3.82. The van der Waals surface area contributed by atoms with Crippen LogP contribution in [0.2, 0.25) is 0 Å². The number of benzene rings is 2. The Hall–Kier alpha value is -6.24. The average molecular weight is 993 g/mol. The fraction of sp³-hybridized carbons (Fsp3) is 0.615. The summed E-state index contributed by atoms with van der Waals surface area (Å²) in [5, 5.41) is 19.7. The second-order valence-corrected chi connectivity index (χ2v) is 20.1. The van der Waals surface area contributed by atoms with Crippen molar-refractivity contribution in [1.82, 2.24) is 30.7 Å². The molecule has 19 nitrogen and oxygen atoms in total. The maximum absolute atomic E-state index is 14.7. The molecule has 2 aliphatic heterocycles. The number of aliphatic hydroxyl groups excluding tert-OH is 1. The Labute approximate surface area is 418 Å². The van der Waals surface area contributed by atoms with E-state index in [9.17, 15) is 43.5 Å². The molecule has 8 atom stereocenters. The number of hydrogen-bond donors (Lipinski definition) is 4. The van der Waals surface area contributed by atoms with Gasteiger partial charge in [0, 0.05) is 27.1 Å². The molecule has 0 bridgehead atoms. The third-order valence-corrected chi connectivity index (χ3v) is 12.7. The van der Waals surface area contributed by atoms with Crippen molar-refractivity contribution < 1.29 is 62.4 Å².